The topological polar surface area (TPSA) is 56.3 Å². The second-order valence-corrected chi connectivity index (χ2v) is 9.22. The van der Waals surface area contributed by atoms with Crippen molar-refractivity contribution in [3.63, 3.8) is 0 Å². The lowest BCUT2D eigenvalue weighted by molar-refractivity contribution is 0.0444. The molecule has 5 rings (SSSR count). The molecule has 2 N–H and O–H groups in total. The number of hydrogen-bond donors (Lipinski definition) is 1. The summed E-state index contributed by atoms with van der Waals surface area (Å²) in [5.74, 6) is 0.551. The Morgan fingerprint density at radius 3 is 2.56 bits per heavy atom. The molecule has 0 radical (unpaired) electrons. The predicted molar refractivity (Wildman–Crippen MR) is 136 cm³/mol. The first-order chi connectivity index (χ1) is 16.5. The molecule has 5 nitrogen and oxygen atoms in total. The van der Waals surface area contributed by atoms with Crippen LogP contribution in [0.15, 0.2) is 95.4 Å². The van der Waals surface area contributed by atoms with Gasteiger partial charge in [0.15, 0.2) is 0 Å². The van der Waals surface area contributed by atoms with Gasteiger partial charge >= 0.3 is 0 Å². The summed E-state index contributed by atoms with van der Waals surface area (Å²) in [5, 5.41) is 4.88. The van der Waals surface area contributed by atoms with Crippen LogP contribution in [0.25, 0.3) is 16.9 Å². The van der Waals surface area contributed by atoms with Gasteiger partial charge in [-0.3, -0.25) is 0 Å². The zero-order valence-corrected chi connectivity index (χ0v) is 20.2. The maximum absolute atomic E-state index is 13.6. The van der Waals surface area contributed by atoms with E-state index in [1.54, 1.807) is 12.1 Å². The minimum Gasteiger partial charge on any atom is -0.469 e. The Morgan fingerprint density at radius 1 is 1.06 bits per heavy atom. The molecule has 1 aliphatic rings. The van der Waals surface area contributed by atoms with Gasteiger partial charge in [-0.2, -0.15) is 5.10 Å². The van der Waals surface area contributed by atoms with Crippen LogP contribution in [0.4, 0.5) is 10.1 Å². The third kappa shape index (κ3) is 4.70. The minimum atomic E-state index is -0.342. The Balaban J connectivity index is 1.51. The van der Waals surface area contributed by atoms with Crippen molar-refractivity contribution < 1.29 is 9.13 Å². The highest BCUT2D eigenvalue weighted by Gasteiger charge is 2.30. The number of benzene rings is 3. The molecular formula is C27H24BrFN4O. The van der Waals surface area contributed by atoms with Crippen LogP contribution in [0.1, 0.15) is 24.3 Å². The summed E-state index contributed by atoms with van der Waals surface area (Å²) in [6.07, 6.45) is 4.50. The third-order valence-corrected chi connectivity index (χ3v) is 6.30. The largest absolute Gasteiger partial charge is 0.469 e. The number of halogens is 2. The Bertz CT molecular complexity index is 1330. The second kappa shape index (κ2) is 9.35. The number of nitrogens with two attached hydrogens (primary N) is 1. The summed E-state index contributed by atoms with van der Waals surface area (Å²) in [6, 6.07) is 22.3. The van der Waals surface area contributed by atoms with Crippen LogP contribution in [0.3, 0.4) is 0 Å². The minimum absolute atomic E-state index is 0.281. The normalized spacial score (nSPS) is 15.3. The third-order valence-electron chi connectivity index (χ3n) is 5.77. The van der Waals surface area contributed by atoms with E-state index < -0.39 is 0 Å². The fourth-order valence-electron chi connectivity index (χ4n) is 4.13. The molecule has 0 amide bonds. The SMILES string of the molecule is CC1=CN(CCc2cccc(N)c2)C(c2cn(-c3ccc(Br)cc3)nc2-c2ccc(F)cc2)O1. The van der Waals surface area contributed by atoms with Gasteiger partial charge in [-0.1, -0.05) is 28.1 Å². The number of aromatic nitrogens is 2. The molecule has 1 unspecified atom stereocenters. The van der Waals surface area contributed by atoms with Crippen LogP contribution in [0, 0.1) is 5.82 Å². The molecule has 1 aromatic heterocycles. The van der Waals surface area contributed by atoms with Crippen LogP contribution in [0.2, 0.25) is 0 Å². The fraction of sp³-hybridized carbons (Fsp3) is 0.148. The van der Waals surface area contributed by atoms with Crippen LogP contribution in [-0.2, 0) is 11.2 Å². The van der Waals surface area contributed by atoms with Gasteiger partial charge in [-0.05, 0) is 79.6 Å². The van der Waals surface area contributed by atoms with Crippen molar-refractivity contribution in [2.24, 2.45) is 0 Å². The van der Waals surface area contributed by atoms with Crippen molar-refractivity contribution in [3.8, 4) is 16.9 Å². The van der Waals surface area contributed by atoms with E-state index in [1.165, 1.54) is 17.7 Å². The molecule has 1 atom stereocenters. The highest BCUT2D eigenvalue weighted by molar-refractivity contribution is 9.10. The number of ether oxygens (including phenoxy) is 1. The Kier molecular flexibility index (Phi) is 6.11. The lowest BCUT2D eigenvalue weighted by Crippen LogP contribution is -2.23. The van der Waals surface area contributed by atoms with E-state index in [9.17, 15) is 4.39 Å². The molecule has 0 aliphatic carbocycles. The lowest BCUT2D eigenvalue weighted by Gasteiger charge is -2.24. The van der Waals surface area contributed by atoms with Gasteiger partial charge in [-0.25, -0.2) is 9.07 Å². The summed E-state index contributed by atoms with van der Waals surface area (Å²) in [4.78, 5) is 2.18. The summed E-state index contributed by atoms with van der Waals surface area (Å²) < 4.78 is 22.7. The van der Waals surface area contributed by atoms with Crippen molar-refractivity contribution in [1.29, 1.82) is 0 Å². The maximum Gasteiger partial charge on any atom is 0.201 e. The van der Waals surface area contributed by atoms with Gasteiger partial charge in [-0.15, -0.1) is 0 Å². The van der Waals surface area contributed by atoms with E-state index in [0.717, 1.165) is 51.4 Å². The first-order valence-corrected chi connectivity index (χ1v) is 11.8. The molecule has 2 heterocycles. The van der Waals surface area contributed by atoms with Crippen molar-refractivity contribution in [2.45, 2.75) is 19.6 Å². The molecule has 172 valence electrons. The maximum atomic E-state index is 13.6. The van der Waals surface area contributed by atoms with Gasteiger partial charge in [0.05, 0.1) is 11.3 Å². The summed E-state index contributed by atoms with van der Waals surface area (Å²) in [6.45, 7) is 2.70. The first kappa shape index (κ1) is 22.2. The zero-order chi connectivity index (χ0) is 23.7. The van der Waals surface area contributed by atoms with Crippen LogP contribution >= 0.6 is 15.9 Å². The number of anilines is 1. The number of nitrogen functional groups attached to an aromatic ring is 1. The Labute approximate surface area is 206 Å². The molecule has 0 bridgehead atoms. The van der Waals surface area contributed by atoms with Crippen LogP contribution < -0.4 is 5.73 Å². The molecule has 3 aromatic carbocycles. The smallest absolute Gasteiger partial charge is 0.201 e. The fourth-order valence-corrected chi connectivity index (χ4v) is 4.40. The molecule has 0 spiro atoms. The van der Waals surface area contributed by atoms with Gasteiger partial charge < -0.3 is 15.4 Å². The Hall–Kier alpha value is -3.58. The van der Waals surface area contributed by atoms with Crippen molar-refractivity contribution >= 4 is 21.6 Å². The highest BCUT2D eigenvalue weighted by atomic mass is 79.9. The number of nitrogens with zero attached hydrogens (tertiary/aromatic N) is 3. The summed E-state index contributed by atoms with van der Waals surface area (Å²) in [7, 11) is 0. The van der Waals surface area contributed by atoms with Crippen LogP contribution in [0.5, 0.6) is 0 Å². The molecule has 0 saturated carbocycles. The van der Waals surface area contributed by atoms with E-state index >= 15 is 0 Å². The molecule has 0 saturated heterocycles. The molecule has 1 aliphatic heterocycles. The molecule has 0 fully saturated rings. The summed E-state index contributed by atoms with van der Waals surface area (Å²) in [5.41, 5.74) is 11.3. The molecule has 4 aromatic rings. The van der Waals surface area contributed by atoms with E-state index in [1.807, 2.05) is 66.5 Å². The van der Waals surface area contributed by atoms with Crippen molar-refractivity contribution in [2.75, 3.05) is 12.3 Å². The standard InChI is InChI=1S/C27H24BrFN4O/c1-18-16-32(14-13-19-3-2-4-23(30)15-19)27(34-18)25-17-33(24-11-7-21(28)8-12-24)31-26(25)20-5-9-22(29)10-6-20/h2-12,15-17,27H,13-14,30H2,1H3. The first-order valence-electron chi connectivity index (χ1n) is 11.0. The molecule has 34 heavy (non-hydrogen) atoms. The highest BCUT2D eigenvalue weighted by Crippen LogP contribution is 2.37. The average molecular weight is 519 g/mol. The average Bonchev–Trinajstić information content (AvgIpc) is 3.42. The van der Waals surface area contributed by atoms with E-state index in [2.05, 4.69) is 26.9 Å². The van der Waals surface area contributed by atoms with E-state index in [-0.39, 0.29) is 12.0 Å². The van der Waals surface area contributed by atoms with Gasteiger partial charge in [0.2, 0.25) is 6.23 Å². The van der Waals surface area contributed by atoms with Gasteiger partial charge in [0, 0.05) is 34.7 Å². The van der Waals surface area contributed by atoms with Gasteiger partial charge in [0.25, 0.3) is 0 Å². The number of allylic oxidation sites excluding steroid dienone is 1. The quantitative estimate of drug-likeness (QED) is 0.297. The van der Waals surface area contributed by atoms with Gasteiger partial charge in [0.1, 0.15) is 17.3 Å². The molecular weight excluding hydrogens is 495 g/mol. The number of hydrogen-bond acceptors (Lipinski definition) is 4. The van der Waals surface area contributed by atoms with E-state index in [0.29, 0.717) is 0 Å². The summed E-state index contributed by atoms with van der Waals surface area (Å²) >= 11 is 3.48. The monoisotopic (exact) mass is 518 g/mol. The van der Waals surface area contributed by atoms with Crippen molar-refractivity contribution in [1.82, 2.24) is 14.7 Å². The van der Waals surface area contributed by atoms with Crippen molar-refractivity contribution in [3.05, 3.63) is 112 Å². The predicted octanol–water partition coefficient (Wildman–Crippen LogP) is 6.46. The van der Waals surface area contributed by atoms with Crippen LogP contribution in [-0.4, -0.2) is 21.2 Å². The lowest BCUT2D eigenvalue weighted by atomic mass is 10.1. The van der Waals surface area contributed by atoms with E-state index in [4.69, 9.17) is 15.6 Å². The second-order valence-electron chi connectivity index (χ2n) is 8.30. The Morgan fingerprint density at radius 2 is 1.82 bits per heavy atom. The number of rotatable bonds is 6. The molecule has 7 heteroatoms. The zero-order valence-electron chi connectivity index (χ0n) is 18.7.